The van der Waals surface area contributed by atoms with Crippen LogP contribution in [0.25, 0.3) is 11.0 Å². The fraction of sp³-hybridized carbons (Fsp3) is 0.474. The lowest BCUT2D eigenvalue weighted by Gasteiger charge is -2.32. The number of hydrogen-bond acceptors (Lipinski definition) is 4. The van der Waals surface area contributed by atoms with Crippen molar-refractivity contribution in [2.75, 3.05) is 19.6 Å². The molecule has 0 unspecified atom stereocenters. The number of hydrogen-bond donors (Lipinski definition) is 1. The molecule has 0 radical (unpaired) electrons. The predicted molar refractivity (Wildman–Crippen MR) is 95.2 cm³/mol. The number of aromatic nitrogens is 2. The Bertz CT molecular complexity index is 835. The molecule has 0 aromatic carbocycles. The van der Waals surface area contributed by atoms with Gasteiger partial charge in [0.25, 0.3) is 0 Å². The van der Waals surface area contributed by atoms with Gasteiger partial charge >= 0.3 is 0 Å². The number of carbonyl (C=O) groups is 3. The molecular formula is C19H22N4O3. The predicted octanol–water partition coefficient (Wildman–Crippen LogP) is 1.81. The molecule has 4 heterocycles. The number of amides is 3. The highest BCUT2D eigenvalue weighted by molar-refractivity contribution is 6.02. The van der Waals surface area contributed by atoms with Crippen LogP contribution in [0.15, 0.2) is 24.5 Å². The molecule has 0 atom stereocenters. The van der Waals surface area contributed by atoms with E-state index in [2.05, 4.69) is 16.0 Å². The van der Waals surface area contributed by atoms with Gasteiger partial charge in [-0.3, -0.25) is 19.3 Å². The van der Waals surface area contributed by atoms with Crippen molar-refractivity contribution < 1.29 is 14.4 Å². The van der Waals surface area contributed by atoms with Gasteiger partial charge in [0.05, 0.1) is 0 Å². The van der Waals surface area contributed by atoms with Crippen molar-refractivity contribution in [2.45, 2.75) is 38.0 Å². The molecule has 2 saturated heterocycles. The number of imide groups is 1. The number of aromatic amines is 1. The van der Waals surface area contributed by atoms with Crippen LogP contribution in [0.3, 0.4) is 0 Å². The zero-order valence-corrected chi connectivity index (χ0v) is 14.6. The second-order valence-electron chi connectivity index (χ2n) is 6.99. The van der Waals surface area contributed by atoms with E-state index in [1.54, 1.807) is 6.20 Å². The van der Waals surface area contributed by atoms with Gasteiger partial charge in [-0.05, 0) is 36.5 Å². The zero-order valence-electron chi connectivity index (χ0n) is 14.6. The summed E-state index contributed by atoms with van der Waals surface area (Å²) in [7, 11) is 0. The molecule has 136 valence electrons. The van der Waals surface area contributed by atoms with E-state index in [0.717, 1.165) is 23.9 Å². The highest BCUT2D eigenvalue weighted by atomic mass is 16.2. The van der Waals surface area contributed by atoms with Gasteiger partial charge in [0, 0.05) is 56.7 Å². The Labute approximate surface area is 151 Å². The summed E-state index contributed by atoms with van der Waals surface area (Å²) in [5.41, 5.74) is 2.18. The summed E-state index contributed by atoms with van der Waals surface area (Å²) in [6.45, 7) is 1.63. The Morgan fingerprint density at radius 1 is 1.19 bits per heavy atom. The van der Waals surface area contributed by atoms with E-state index in [4.69, 9.17) is 0 Å². The van der Waals surface area contributed by atoms with Gasteiger partial charge in [0.1, 0.15) is 5.65 Å². The van der Waals surface area contributed by atoms with Crippen LogP contribution in [0.2, 0.25) is 0 Å². The Kier molecular flexibility index (Phi) is 4.44. The van der Waals surface area contributed by atoms with Gasteiger partial charge in [-0.1, -0.05) is 0 Å². The van der Waals surface area contributed by atoms with Crippen molar-refractivity contribution in [1.29, 1.82) is 0 Å². The molecule has 7 heteroatoms. The molecule has 0 aliphatic carbocycles. The SMILES string of the molecule is O=C(CCN1C(=O)CCC1=O)N1CCC(c2c[nH]c3ncccc23)CC1. The Morgan fingerprint density at radius 2 is 1.92 bits per heavy atom. The smallest absolute Gasteiger partial charge is 0.229 e. The van der Waals surface area contributed by atoms with E-state index in [1.807, 2.05) is 17.2 Å². The van der Waals surface area contributed by atoms with Gasteiger partial charge < -0.3 is 9.88 Å². The number of fused-ring (bicyclic) bond motifs is 1. The van der Waals surface area contributed by atoms with Gasteiger partial charge in [0.15, 0.2) is 0 Å². The van der Waals surface area contributed by atoms with Crippen molar-refractivity contribution in [2.24, 2.45) is 0 Å². The van der Waals surface area contributed by atoms with Gasteiger partial charge in [0.2, 0.25) is 17.7 Å². The summed E-state index contributed by atoms with van der Waals surface area (Å²) in [5, 5.41) is 1.16. The number of H-pyrrole nitrogens is 1. The van der Waals surface area contributed by atoms with Gasteiger partial charge in [-0.25, -0.2) is 4.98 Å². The maximum Gasteiger partial charge on any atom is 0.229 e. The zero-order chi connectivity index (χ0) is 18.1. The topological polar surface area (TPSA) is 86.4 Å². The molecule has 2 fully saturated rings. The van der Waals surface area contributed by atoms with Gasteiger partial charge in [-0.15, -0.1) is 0 Å². The summed E-state index contributed by atoms with van der Waals surface area (Å²) < 4.78 is 0. The van der Waals surface area contributed by atoms with Crippen LogP contribution in [0.5, 0.6) is 0 Å². The highest BCUT2D eigenvalue weighted by Gasteiger charge is 2.30. The number of carbonyl (C=O) groups excluding carboxylic acids is 3. The fourth-order valence-corrected chi connectivity index (χ4v) is 3.99. The minimum absolute atomic E-state index is 0.0246. The third-order valence-corrected chi connectivity index (χ3v) is 5.47. The van der Waals surface area contributed by atoms with Crippen LogP contribution in [-0.2, 0) is 14.4 Å². The summed E-state index contributed by atoms with van der Waals surface area (Å²) in [4.78, 5) is 46.3. The number of likely N-dealkylation sites (tertiary alicyclic amines) is 2. The van der Waals surface area contributed by atoms with Crippen molar-refractivity contribution in [3.8, 4) is 0 Å². The molecule has 26 heavy (non-hydrogen) atoms. The molecule has 2 aliphatic heterocycles. The molecule has 2 aliphatic rings. The van der Waals surface area contributed by atoms with Crippen LogP contribution in [-0.4, -0.2) is 57.1 Å². The molecular weight excluding hydrogens is 332 g/mol. The first kappa shape index (κ1) is 16.8. The molecule has 0 bridgehead atoms. The van der Waals surface area contributed by atoms with Crippen LogP contribution in [0.4, 0.5) is 0 Å². The summed E-state index contributed by atoms with van der Waals surface area (Å²) >= 11 is 0. The number of rotatable bonds is 4. The summed E-state index contributed by atoms with van der Waals surface area (Å²) in [5.74, 6) is 0.124. The standard InChI is InChI=1S/C19H22N4O3/c24-16(7-11-23-17(25)3-4-18(23)26)22-9-5-13(6-10-22)15-12-21-19-14(15)2-1-8-20-19/h1-2,8,12-13H,3-7,9-11H2,(H,20,21). The first-order chi connectivity index (χ1) is 12.6. The molecule has 7 nitrogen and oxygen atoms in total. The van der Waals surface area contributed by atoms with Crippen molar-refractivity contribution in [1.82, 2.24) is 19.8 Å². The minimum Gasteiger partial charge on any atom is -0.346 e. The quantitative estimate of drug-likeness (QED) is 0.849. The minimum atomic E-state index is -0.158. The highest BCUT2D eigenvalue weighted by Crippen LogP contribution is 2.32. The Balaban J connectivity index is 1.32. The lowest BCUT2D eigenvalue weighted by atomic mass is 9.89. The molecule has 3 amide bonds. The van der Waals surface area contributed by atoms with E-state index in [9.17, 15) is 14.4 Å². The second kappa shape index (κ2) is 6.90. The maximum atomic E-state index is 12.4. The molecule has 0 spiro atoms. The first-order valence-electron chi connectivity index (χ1n) is 9.16. The van der Waals surface area contributed by atoms with E-state index in [-0.39, 0.29) is 43.5 Å². The summed E-state index contributed by atoms with van der Waals surface area (Å²) in [6, 6.07) is 4.02. The van der Waals surface area contributed by atoms with Crippen molar-refractivity contribution in [3.63, 3.8) is 0 Å². The molecule has 1 N–H and O–H groups in total. The fourth-order valence-electron chi connectivity index (χ4n) is 3.99. The van der Waals surface area contributed by atoms with E-state index >= 15 is 0 Å². The third kappa shape index (κ3) is 3.09. The average molecular weight is 354 g/mol. The van der Waals surface area contributed by atoms with Crippen LogP contribution in [0, 0.1) is 0 Å². The first-order valence-corrected chi connectivity index (χ1v) is 9.16. The number of piperidine rings is 1. The second-order valence-corrected chi connectivity index (χ2v) is 6.99. The maximum absolute atomic E-state index is 12.4. The van der Waals surface area contributed by atoms with Crippen LogP contribution in [0.1, 0.15) is 43.6 Å². The van der Waals surface area contributed by atoms with Crippen molar-refractivity contribution in [3.05, 3.63) is 30.1 Å². The third-order valence-electron chi connectivity index (χ3n) is 5.47. The largest absolute Gasteiger partial charge is 0.346 e. The lowest BCUT2D eigenvalue weighted by molar-refractivity contribution is -0.139. The molecule has 0 saturated carbocycles. The van der Waals surface area contributed by atoms with Gasteiger partial charge in [-0.2, -0.15) is 0 Å². The van der Waals surface area contributed by atoms with Crippen LogP contribution >= 0.6 is 0 Å². The Morgan fingerprint density at radius 3 is 2.65 bits per heavy atom. The number of nitrogens with one attached hydrogen (secondary N) is 1. The van der Waals surface area contributed by atoms with E-state index in [1.165, 1.54) is 10.5 Å². The lowest BCUT2D eigenvalue weighted by Crippen LogP contribution is -2.40. The number of nitrogens with zero attached hydrogens (tertiary/aromatic N) is 3. The molecule has 2 aromatic heterocycles. The van der Waals surface area contributed by atoms with Crippen molar-refractivity contribution >= 4 is 28.8 Å². The molecule has 4 rings (SSSR count). The average Bonchev–Trinajstić information content (AvgIpc) is 3.23. The monoisotopic (exact) mass is 354 g/mol. The normalized spacial score (nSPS) is 18.9. The van der Waals surface area contributed by atoms with Crippen LogP contribution < -0.4 is 0 Å². The summed E-state index contributed by atoms with van der Waals surface area (Å²) in [6.07, 6.45) is 6.41. The molecule has 2 aromatic rings. The van der Waals surface area contributed by atoms with E-state index in [0.29, 0.717) is 19.0 Å². The van der Waals surface area contributed by atoms with E-state index < -0.39 is 0 Å². The Hall–Kier alpha value is -2.70. The number of pyridine rings is 1.